The van der Waals surface area contributed by atoms with Gasteiger partial charge in [-0.3, -0.25) is 4.79 Å². The Morgan fingerprint density at radius 1 is 1.11 bits per heavy atom. The molecule has 0 saturated heterocycles. The maximum absolute atomic E-state index is 12.0. The summed E-state index contributed by atoms with van der Waals surface area (Å²) in [7, 11) is 0. The summed E-state index contributed by atoms with van der Waals surface area (Å²) in [6.45, 7) is 1.92. The fourth-order valence-electron chi connectivity index (χ4n) is 1.57. The topological polar surface area (TPSA) is 26.3 Å². The lowest BCUT2D eigenvalue weighted by Crippen LogP contribution is -2.12. The largest absolute Gasteiger partial charge is 0.485 e. The molecule has 2 rings (SSSR count). The van der Waals surface area contributed by atoms with Gasteiger partial charge < -0.3 is 4.74 Å². The Morgan fingerprint density at radius 3 is 2.47 bits per heavy atom. The van der Waals surface area contributed by atoms with E-state index >= 15 is 0 Å². The number of rotatable bonds is 4. The average Bonchev–Trinajstić information content (AvgIpc) is 2.40. The molecule has 19 heavy (non-hydrogen) atoms. The minimum Gasteiger partial charge on any atom is -0.485 e. The quantitative estimate of drug-likeness (QED) is 0.773. The summed E-state index contributed by atoms with van der Waals surface area (Å²) in [5, 5.41) is 0.852. The standard InChI is InChI=1S/C15H12Cl2O2/c1-10-2-5-12(6-3-10)19-9-15(18)13-8-11(16)4-7-14(13)17/h2-8H,9H2,1H3. The first kappa shape index (κ1) is 13.9. The van der Waals surface area contributed by atoms with Gasteiger partial charge in [0, 0.05) is 10.6 Å². The van der Waals surface area contributed by atoms with E-state index in [1.54, 1.807) is 18.2 Å². The van der Waals surface area contributed by atoms with Crippen LogP contribution in [0.3, 0.4) is 0 Å². The van der Waals surface area contributed by atoms with Gasteiger partial charge in [-0.2, -0.15) is 0 Å². The van der Waals surface area contributed by atoms with E-state index in [0.29, 0.717) is 21.4 Å². The lowest BCUT2D eigenvalue weighted by atomic mass is 10.1. The van der Waals surface area contributed by atoms with E-state index in [4.69, 9.17) is 27.9 Å². The molecule has 0 atom stereocenters. The number of ketones is 1. The Hall–Kier alpha value is -1.51. The molecule has 0 N–H and O–H groups in total. The first-order valence-electron chi connectivity index (χ1n) is 5.74. The third-order valence-corrected chi connectivity index (χ3v) is 3.18. The number of halogens is 2. The van der Waals surface area contributed by atoms with Gasteiger partial charge in [0.05, 0.1) is 5.02 Å². The number of carbonyl (C=O) groups excluding carboxylic acids is 1. The molecule has 0 fully saturated rings. The third-order valence-electron chi connectivity index (χ3n) is 2.62. The maximum atomic E-state index is 12.0. The van der Waals surface area contributed by atoms with Crippen LogP contribution in [0.1, 0.15) is 15.9 Å². The van der Waals surface area contributed by atoms with Crippen LogP contribution in [0.15, 0.2) is 42.5 Å². The van der Waals surface area contributed by atoms with Crippen molar-refractivity contribution in [2.75, 3.05) is 6.61 Å². The fourth-order valence-corrected chi connectivity index (χ4v) is 1.97. The minimum absolute atomic E-state index is 0.0663. The Balaban J connectivity index is 2.05. The van der Waals surface area contributed by atoms with Crippen LogP contribution in [0.25, 0.3) is 0 Å². The zero-order chi connectivity index (χ0) is 13.8. The third kappa shape index (κ3) is 3.72. The molecule has 0 aromatic heterocycles. The number of hydrogen-bond donors (Lipinski definition) is 0. The normalized spacial score (nSPS) is 10.3. The molecule has 2 aromatic carbocycles. The first-order chi connectivity index (χ1) is 9.06. The number of Topliss-reactive ketones (excluding diaryl/α,β-unsaturated/α-hetero) is 1. The molecule has 98 valence electrons. The molecule has 0 amide bonds. The molecule has 2 aromatic rings. The van der Waals surface area contributed by atoms with Crippen LogP contribution >= 0.6 is 23.2 Å². The second-order valence-electron chi connectivity index (χ2n) is 4.15. The Labute approximate surface area is 121 Å². The SMILES string of the molecule is Cc1ccc(OCC(=O)c2cc(Cl)ccc2Cl)cc1. The van der Waals surface area contributed by atoms with Crippen molar-refractivity contribution in [1.82, 2.24) is 0 Å². The van der Waals surface area contributed by atoms with E-state index in [9.17, 15) is 4.79 Å². The highest BCUT2D eigenvalue weighted by molar-refractivity contribution is 6.35. The predicted molar refractivity (Wildman–Crippen MR) is 77.5 cm³/mol. The molecule has 0 bridgehead atoms. The summed E-state index contributed by atoms with van der Waals surface area (Å²) < 4.78 is 5.42. The molecule has 0 heterocycles. The Morgan fingerprint density at radius 2 is 1.79 bits per heavy atom. The van der Waals surface area contributed by atoms with Gasteiger partial charge in [-0.1, -0.05) is 40.9 Å². The monoisotopic (exact) mass is 294 g/mol. The van der Waals surface area contributed by atoms with E-state index in [1.807, 2.05) is 31.2 Å². The molecule has 0 unspecified atom stereocenters. The molecular formula is C15H12Cl2O2. The van der Waals surface area contributed by atoms with Gasteiger partial charge in [0.15, 0.2) is 6.61 Å². The van der Waals surface area contributed by atoms with E-state index < -0.39 is 0 Å². The summed E-state index contributed by atoms with van der Waals surface area (Å²) in [5.41, 5.74) is 1.51. The first-order valence-corrected chi connectivity index (χ1v) is 6.49. The molecule has 0 aliphatic heterocycles. The summed E-state index contributed by atoms with van der Waals surface area (Å²) in [6, 6.07) is 12.3. The number of benzene rings is 2. The van der Waals surface area contributed by atoms with Crippen LogP contribution in [0.2, 0.25) is 10.0 Å². The summed E-state index contributed by atoms with van der Waals surface area (Å²) in [6.07, 6.45) is 0. The van der Waals surface area contributed by atoms with Crippen LogP contribution in [0.4, 0.5) is 0 Å². The molecule has 0 spiro atoms. The molecule has 0 saturated carbocycles. The van der Waals surface area contributed by atoms with Crippen LogP contribution in [-0.2, 0) is 0 Å². The molecule has 0 aliphatic rings. The molecule has 2 nitrogen and oxygen atoms in total. The van der Waals surface area contributed by atoms with Crippen molar-refractivity contribution in [2.24, 2.45) is 0 Å². The van der Waals surface area contributed by atoms with Crippen molar-refractivity contribution in [3.63, 3.8) is 0 Å². The highest BCUT2D eigenvalue weighted by Crippen LogP contribution is 2.21. The Kier molecular flexibility index (Phi) is 4.46. The zero-order valence-electron chi connectivity index (χ0n) is 10.3. The smallest absolute Gasteiger partial charge is 0.201 e. The summed E-state index contributed by atoms with van der Waals surface area (Å²) in [5.74, 6) is 0.449. The maximum Gasteiger partial charge on any atom is 0.201 e. The number of ether oxygens (including phenoxy) is 1. The highest BCUT2D eigenvalue weighted by Gasteiger charge is 2.11. The van der Waals surface area contributed by atoms with Gasteiger partial charge in [0.25, 0.3) is 0 Å². The predicted octanol–water partition coefficient (Wildman–Crippen LogP) is 4.56. The highest BCUT2D eigenvalue weighted by atomic mass is 35.5. The lowest BCUT2D eigenvalue weighted by molar-refractivity contribution is 0.0921. The Bertz CT molecular complexity index is 592. The van der Waals surface area contributed by atoms with Crippen LogP contribution < -0.4 is 4.74 Å². The van der Waals surface area contributed by atoms with Gasteiger partial charge in [-0.25, -0.2) is 0 Å². The lowest BCUT2D eigenvalue weighted by Gasteiger charge is -2.07. The van der Waals surface area contributed by atoms with Gasteiger partial charge in [0.1, 0.15) is 5.75 Å². The van der Waals surface area contributed by atoms with E-state index in [0.717, 1.165) is 5.56 Å². The number of hydrogen-bond acceptors (Lipinski definition) is 2. The molecular weight excluding hydrogens is 283 g/mol. The number of aryl methyl sites for hydroxylation is 1. The number of carbonyl (C=O) groups is 1. The van der Waals surface area contributed by atoms with Crippen LogP contribution in [0, 0.1) is 6.92 Å². The second-order valence-corrected chi connectivity index (χ2v) is 4.99. The zero-order valence-corrected chi connectivity index (χ0v) is 11.8. The van der Waals surface area contributed by atoms with Crippen molar-refractivity contribution in [3.05, 3.63) is 63.6 Å². The van der Waals surface area contributed by atoms with E-state index in [2.05, 4.69) is 0 Å². The van der Waals surface area contributed by atoms with Gasteiger partial charge in [-0.15, -0.1) is 0 Å². The van der Waals surface area contributed by atoms with Gasteiger partial charge in [-0.05, 0) is 37.3 Å². The van der Waals surface area contributed by atoms with Crippen LogP contribution in [-0.4, -0.2) is 12.4 Å². The average molecular weight is 295 g/mol. The van der Waals surface area contributed by atoms with E-state index in [1.165, 1.54) is 0 Å². The van der Waals surface area contributed by atoms with Gasteiger partial charge in [0.2, 0.25) is 5.78 Å². The van der Waals surface area contributed by atoms with Crippen molar-refractivity contribution in [3.8, 4) is 5.75 Å². The van der Waals surface area contributed by atoms with Gasteiger partial charge >= 0.3 is 0 Å². The van der Waals surface area contributed by atoms with Crippen LogP contribution in [0.5, 0.6) is 5.75 Å². The molecule has 0 aliphatic carbocycles. The summed E-state index contributed by atoms with van der Waals surface area (Å²) >= 11 is 11.8. The molecule has 4 heteroatoms. The second kappa shape index (κ2) is 6.09. The van der Waals surface area contributed by atoms with Crippen molar-refractivity contribution in [1.29, 1.82) is 0 Å². The van der Waals surface area contributed by atoms with Crippen molar-refractivity contribution >= 4 is 29.0 Å². The fraction of sp³-hybridized carbons (Fsp3) is 0.133. The van der Waals surface area contributed by atoms with E-state index in [-0.39, 0.29) is 12.4 Å². The molecule has 0 radical (unpaired) electrons. The van der Waals surface area contributed by atoms with Crippen molar-refractivity contribution < 1.29 is 9.53 Å². The minimum atomic E-state index is -0.201. The van der Waals surface area contributed by atoms with Crippen molar-refractivity contribution in [2.45, 2.75) is 6.92 Å². The summed E-state index contributed by atoms with van der Waals surface area (Å²) in [4.78, 5) is 12.0.